The van der Waals surface area contributed by atoms with Crippen LogP contribution in [0.2, 0.25) is 5.02 Å². The second-order valence-electron chi connectivity index (χ2n) is 6.27. The van der Waals surface area contributed by atoms with Gasteiger partial charge in [0.1, 0.15) is 0 Å². The van der Waals surface area contributed by atoms with Gasteiger partial charge < -0.3 is 5.73 Å². The normalized spacial score (nSPS) is 14.1. The Kier molecular flexibility index (Phi) is 8.92. The van der Waals surface area contributed by atoms with Gasteiger partial charge in [-0.1, -0.05) is 91.9 Å². The van der Waals surface area contributed by atoms with Gasteiger partial charge in [-0.05, 0) is 31.0 Å². The van der Waals surface area contributed by atoms with E-state index in [0.29, 0.717) is 0 Å². The molecule has 0 radical (unpaired) electrons. The lowest BCUT2D eigenvalue weighted by Gasteiger charge is -2.26. The van der Waals surface area contributed by atoms with Crippen LogP contribution in [-0.4, -0.2) is 0 Å². The van der Waals surface area contributed by atoms with E-state index in [0.717, 1.165) is 21.5 Å². The highest BCUT2D eigenvalue weighted by Crippen LogP contribution is 2.32. The van der Waals surface area contributed by atoms with E-state index in [-0.39, 0.29) is 5.54 Å². The number of halogens is 2. The molecule has 0 spiro atoms. The summed E-state index contributed by atoms with van der Waals surface area (Å²) >= 11 is 9.75. The van der Waals surface area contributed by atoms with Crippen LogP contribution in [0, 0.1) is 0 Å². The molecule has 0 saturated heterocycles. The fourth-order valence-electron chi connectivity index (χ4n) is 2.71. The predicted octanol–water partition coefficient (Wildman–Crippen LogP) is 6.81. The van der Waals surface area contributed by atoms with Crippen LogP contribution in [-0.2, 0) is 5.54 Å². The van der Waals surface area contributed by atoms with E-state index < -0.39 is 0 Å². The Morgan fingerprint density at radius 1 is 1.05 bits per heavy atom. The standard InChI is InChI=1S/C18H29BrClN/c1-3-4-5-6-7-8-9-10-13-18(2,21)16-12-11-15(19)14-17(16)20/h11-12,14H,3-10,13,21H2,1-2H3. The molecule has 0 saturated carbocycles. The molecule has 1 atom stereocenters. The van der Waals surface area contributed by atoms with Crippen LogP contribution in [0.5, 0.6) is 0 Å². The van der Waals surface area contributed by atoms with Crippen molar-refractivity contribution in [3.8, 4) is 0 Å². The third-order valence-electron chi connectivity index (χ3n) is 4.10. The molecule has 1 nitrogen and oxygen atoms in total. The van der Waals surface area contributed by atoms with Gasteiger partial charge in [-0.15, -0.1) is 0 Å². The average Bonchev–Trinajstić information content (AvgIpc) is 2.41. The van der Waals surface area contributed by atoms with Crippen molar-refractivity contribution in [3.05, 3.63) is 33.3 Å². The first kappa shape index (κ1) is 19.0. The summed E-state index contributed by atoms with van der Waals surface area (Å²) in [4.78, 5) is 0. The topological polar surface area (TPSA) is 26.0 Å². The monoisotopic (exact) mass is 373 g/mol. The zero-order valence-electron chi connectivity index (χ0n) is 13.4. The largest absolute Gasteiger partial charge is 0.322 e. The lowest BCUT2D eigenvalue weighted by molar-refractivity contribution is 0.420. The Morgan fingerprint density at radius 2 is 1.62 bits per heavy atom. The van der Waals surface area contributed by atoms with Crippen molar-refractivity contribution in [1.29, 1.82) is 0 Å². The van der Waals surface area contributed by atoms with Gasteiger partial charge in [0.25, 0.3) is 0 Å². The number of rotatable bonds is 10. The Bertz CT molecular complexity index is 418. The zero-order chi connectivity index (χ0) is 15.7. The number of hydrogen-bond acceptors (Lipinski definition) is 1. The smallest absolute Gasteiger partial charge is 0.0467 e. The van der Waals surface area contributed by atoms with Gasteiger partial charge in [-0.3, -0.25) is 0 Å². The minimum Gasteiger partial charge on any atom is -0.322 e. The molecule has 0 heterocycles. The van der Waals surface area contributed by atoms with Gasteiger partial charge in [0, 0.05) is 15.0 Å². The SMILES string of the molecule is CCCCCCCCCCC(C)(N)c1ccc(Br)cc1Cl. The molecule has 120 valence electrons. The van der Waals surface area contributed by atoms with Gasteiger partial charge in [-0.25, -0.2) is 0 Å². The maximum Gasteiger partial charge on any atom is 0.0467 e. The summed E-state index contributed by atoms with van der Waals surface area (Å²) in [6.45, 7) is 4.35. The average molecular weight is 375 g/mol. The van der Waals surface area contributed by atoms with E-state index in [1.165, 1.54) is 51.4 Å². The van der Waals surface area contributed by atoms with Crippen molar-refractivity contribution in [2.75, 3.05) is 0 Å². The summed E-state index contributed by atoms with van der Waals surface area (Å²) in [5, 5.41) is 0.758. The second-order valence-corrected chi connectivity index (χ2v) is 7.59. The highest BCUT2D eigenvalue weighted by Gasteiger charge is 2.23. The lowest BCUT2D eigenvalue weighted by Crippen LogP contribution is -2.33. The predicted molar refractivity (Wildman–Crippen MR) is 97.9 cm³/mol. The summed E-state index contributed by atoms with van der Waals surface area (Å²) in [7, 11) is 0. The molecule has 3 heteroatoms. The van der Waals surface area contributed by atoms with Crippen molar-refractivity contribution < 1.29 is 0 Å². The maximum atomic E-state index is 6.47. The zero-order valence-corrected chi connectivity index (χ0v) is 15.8. The third kappa shape index (κ3) is 7.17. The number of benzene rings is 1. The lowest BCUT2D eigenvalue weighted by atomic mass is 9.87. The van der Waals surface area contributed by atoms with E-state index in [9.17, 15) is 0 Å². The van der Waals surface area contributed by atoms with Gasteiger partial charge >= 0.3 is 0 Å². The molecule has 0 fully saturated rings. The molecule has 1 aromatic carbocycles. The van der Waals surface area contributed by atoms with Gasteiger partial charge in [0.05, 0.1) is 0 Å². The van der Waals surface area contributed by atoms with Crippen LogP contribution >= 0.6 is 27.5 Å². The summed E-state index contributed by atoms with van der Waals surface area (Å²) in [5.41, 5.74) is 7.19. The molecular formula is C18H29BrClN. The third-order valence-corrected chi connectivity index (χ3v) is 4.90. The quantitative estimate of drug-likeness (QED) is 0.447. The van der Waals surface area contributed by atoms with Crippen LogP contribution < -0.4 is 5.73 Å². The number of nitrogens with two attached hydrogens (primary N) is 1. The van der Waals surface area contributed by atoms with Crippen molar-refractivity contribution >= 4 is 27.5 Å². The summed E-state index contributed by atoms with van der Waals surface area (Å²) in [5.74, 6) is 0. The summed E-state index contributed by atoms with van der Waals surface area (Å²) in [6.07, 6.45) is 11.6. The first-order chi connectivity index (χ1) is 9.97. The van der Waals surface area contributed by atoms with E-state index in [4.69, 9.17) is 17.3 Å². The van der Waals surface area contributed by atoms with E-state index in [1.54, 1.807) is 0 Å². The molecule has 0 aliphatic carbocycles. The van der Waals surface area contributed by atoms with Gasteiger partial charge in [-0.2, -0.15) is 0 Å². The molecule has 1 aromatic rings. The van der Waals surface area contributed by atoms with Crippen molar-refractivity contribution in [3.63, 3.8) is 0 Å². The van der Waals surface area contributed by atoms with E-state index in [2.05, 4.69) is 29.8 Å². The number of hydrogen-bond donors (Lipinski definition) is 1. The van der Waals surface area contributed by atoms with E-state index >= 15 is 0 Å². The Morgan fingerprint density at radius 3 is 2.19 bits per heavy atom. The highest BCUT2D eigenvalue weighted by molar-refractivity contribution is 9.10. The molecule has 0 amide bonds. The van der Waals surface area contributed by atoms with Crippen LogP contribution in [0.25, 0.3) is 0 Å². The molecule has 2 N–H and O–H groups in total. The van der Waals surface area contributed by atoms with Gasteiger partial charge in [0.15, 0.2) is 0 Å². The second kappa shape index (κ2) is 9.86. The molecule has 0 bridgehead atoms. The maximum absolute atomic E-state index is 6.47. The van der Waals surface area contributed by atoms with Crippen molar-refractivity contribution in [2.45, 2.75) is 77.2 Å². The van der Waals surface area contributed by atoms with Crippen LogP contribution in [0.1, 0.15) is 77.2 Å². The van der Waals surface area contributed by atoms with Gasteiger partial charge in [0.2, 0.25) is 0 Å². The molecule has 1 unspecified atom stereocenters. The van der Waals surface area contributed by atoms with Crippen molar-refractivity contribution in [2.24, 2.45) is 5.73 Å². The minimum absolute atomic E-state index is 0.333. The fraction of sp³-hybridized carbons (Fsp3) is 0.667. The van der Waals surface area contributed by atoms with Crippen LogP contribution in [0.4, 0.5) is 0 Å². The Labute approximate surface area is 143 Å². The molecule has 0 aliphatic heterocycles. The molecule has 0 aliphatic rings. The fourth-order valence-corrected chi connectivity index (χ4v) is 3.60. The minimum atomic E-state index is -0.333. The molecular weight excluding hydrogens is 346 g/mol. The highest BCUT2D eigenvalue weighted by atomic mass is 79.9. The van der Waals surface area contributed by atoms with Crippen molar-refractivity contribution in [1.82, 2.24) is 0 Å². The van der Waals surface area contributed by atoms with E-state index in [1.807, 2.05) is 18.2 Å². The molecule has 0 aromatic heterocycles. The first-order valence-corrected chi connectivity index (χ1v) is 9.39. The van der Waals surface area contributed by atoms with Crippen LogP contribution in [0.15, 0.2) is 22.7 Å². The van der Waals surface area contributed by atoms with Crippen LogP contribution in [0.3, 0.4) is 0 Å². The first-order valence-electron chi connectivity index (χ1n) is 8.22. The summed E-state index contributed by atoms with van der Waals surface area (Å²) in [6, 6.07) is 5.98. The molecule has 1 rings (SSSR count). The Hall–Kier alpha value is -0.0500. The Balaban J connectivity index is 2.29. The molecule has 21 heavy (non-hydrogen) atoms. The summed E-state index contributed by atoms with van der Waals surface area (Å²) < 4.78 is 0.999. The number of unbranched alkanes of at least 4 members (excludes halogenated alkanes) is 7.